The number of rotatable bonds is 6. The first kappa shape index (κ1) is 18.4. The fourth-order valence-electron chi connectivity index (χ4n) is 2.09. The van der Waals surface area contributed by atoms with Crippen LogP contribution >= 0.6 is 11.6 Å². The molecule has 0 saturated heterocycles. The number of aromatic hydroxyl groups is 1. The number of nitrogens with one attached hydrogen (secondary N) is 1. The molecule has 25 heavy (non-hydrogen) atoms. The van der Waals surface area contributed by atoms with Gasteiger partial charge in [0.1, 0.15) is 23.1 Å². The first-order chi connectivity index (χ1) is 12.0. The van der Waals surface area contributed by atoms with E-state index in [9.17, 15) is 15.2 Å². The topological polar surface area (TPSA) is 82.3 Å². The summed E-state index contributed by atoms with van der Waals surface area (Å²) in [5.41, 5.74) is 1.12. The van der Waals surface area contributed by atoms with Crippen LogP contribution < -0.4 is 10.1 Å². The Morgan fingerprint density at radius 1 is 1.32 bits per heavy atom. The quantitative estimate of drug-likeness (QED) is 0.611. The van der Waals surface area contributed by atoms with Crippen molar-refractivity contribution in [2.45, 2.75) is 13.5 Å². The summed E-state index contributed by atoms with van der Waals surface area (Å²) in [5, 5.41) is 22.5. The fraction of sp³-hybridized carbons (Fsp3) is 0.158. The summed E-state index contributed by atoms with van der Waals surface area (Å²) >= 11 is 5.81. The lowest BCUT2D eigenvalue weighted by Gasteiger charge is -2.07. The number of hydrogen-bond donors (Lipinski definition) is 2. The van der Waals surface area contributed by atoms with Crippen LogP contribution in [0, 0.1) is 11.3 Å². The molecule has 0 saturated carbocycles. The highest BCUT2D eigenvalue weighted by Crippen LogP contribution is 2.25. The largest absolute Gasteiger partial charge is 0.507 e. The maximum atomic E-state index is 12.2. The molecular formula is C19H17ClN2O3. The van der Waals surface area contributed by atoms with Gasteiger partial charge in [0, 0.05) is 23.2 Å². The predicted molar refractivity (Wildman–Crippen MR) is 96.2 cm³/mol. The minimum atomic E-state index is -0.522. The Labute approximate surface area is 151 Å². The number of amides is 1. The van der Waals surface area contributed by atoms with Crippen LogP contribution in [-0.4, -0.2) is 17.6 Å². The smallest absolute Gasteiger partial charge is 0.262 e. The number of phenolic OH excluding ortho intramolecular Hbond substituents is 1. The van der Waals surface area contributed by atoms with Crippen molar-refractivity contribution in [3.05, 3.63) is 64.2 Å². The van der Waals surface area contributed by atoms with Crippen LogP contribution in [0.25, 0.3) is 6.08 Å². The van der Waals surface area contributed by atoms with Gasteiger partial charge in [-0.15, -0.1) is 0 Å². The number of hydrogen-bond acceptors (Lipinski definition) is 4. The summed E-state index contributed by atoms with van der Waals surface area (Å²) in [6.45, 7) is 2.58. The monoisotopic (exact) mass is 356 g/mol. The summed E-state index contributed by atoms with van der Waals surface area (Å²) in [7, 11) is 0. The predicted octanol–water partition coefficient (Wildman–Crippen LogP) is 3.67. The first-order valence-electron chi connectivity index (χ1n) is 7.63. The van der Waals surface area contributed by atoms with Crippen molar-refractivity contribution < 1.29 is 14.6 Å². The number of nitrogens with zero attached hydrogens (tertiary/aromatic N) is 1. The average Bonchev–Trinajstić information content (AvgIpc) is 2.60. The normalized spacial score (nSPS) is 10.8. The Balaban J connectivity index is 2.09. The van der Waals surface area contributed by atoms with E-state index in [0.29, 0.717) is 22.9 Å². The van der Waals surface area contributed by atoms with Crippen LogP contribution in [0.4, 0.5) is 0 Å². The molecule has 0 bridgehead atoms. The molecule has 2 aromatic carbocycles. The molecule has 0 radical (unpaired) electrons. The van der Waals surface area contributed by atoms with Gasteiger partial charge in [-0.25, -0.2) is 0 Å². The van der Waals surface area contributed by atoms with Crippen LogP contribution in [0.1, 0.15) is 18.1 Å². The Bertz CT molecular complexity index is 824. The Kier molecular flexibility index (Phi) is 6.44. The van der Waals surface area contributed by atoms with Crippen molar-refractivity contribution in [2.75, 3.05) is 6.61 Å². The van der Waals surface area contributed by atoms with Gasteiger partial charge in [-0.1, -0.05) is 23.7 Å². The Morgan fingerprint density at radius 3 is 2.64 bits per heavy atom. The molecular weight excluding hydrogens is 340 g/mol. The average molecular weight is 357 g/mol. The molecule has 0 heterocycles. The van der Waals surface area contributed by atoms with E-state index in [4.69, 9.17) is 16.3 Å². The highest BCUT2D eigenvalue weighted by atomic mass is 35.5. The van der Waals surface area contributed by atoms with E-state index in [2.05, 4.69) is 5.32 Å². The molecule has 2 rings (SSSR count). The molecule has 0 aliphatic carbocycles. The Hall–Kier alpha value is -2.97. The minimum Gasteiger partial charge on any atom is -0.507 e. The summed E-state index contributed by atoms with van der Waals surface area (Å²) in [6, 6.07) is 13.6. The van der Waals surface area contributed by atoms with Gasteiger partial charge in [0.2, 0.25) is 0 Å². The van der Waals surface area contributed by atoms with Gasteiger partial charge in [-0.2, -0.15) is 5.26 Å². The maximum absolute atomic E-state index is 12.2. The Morgan fingerprint density at radius 2 is 2.04 bits per heavy atom. The molecule has 0 aliphatic rings. The number of halogens is 1. The van der Waals surface area contributed by atoms with E-state index in [1.54, 1.807) is 36.4 Å². The zero-order valence-corrected chi connectivity index (χ0v) is 14.4. The van der Waals surface area contributed by atoms with E-state index >= 15 is 0 Å². The molecule has 0 aliphatic heterocycles. The highest BCUT2D eigenvalue weighted by Gasteiger charge is 2.11. The molecule has 0 aromatic heterocycles. The van der Waals surface area contributed by atoms with Crippen molar-refractivity contribution in [2.24, 2.45) is 0 Å². The van der Waals surface area contributed by atoms with Crippen LogP contribution in [0.3, 0.4) is 0 Å². The zero-order valence-electron chi connectivity index (χ0n) is 13.6. The van der Waals surface area contributed by atoms with E-state index in [1.807, 2.05) is 13.0 Å². The van der Waals surface area contributed by atoms with E-state index < -0.39 is 5.91 Å². The third-order valence-corrected chi connectivity index (χ3v) is 3.60. The molecule has 128 valence electrons. The summed E-state index contributed by atoms with van der Waals surface area (Å²) in [6.07, 6.45) is 1.34. The lowest BCUT2D eigenvalue weighted by atomic mass is 10.1. The van der Waals surface area contributed by atoms with Gasteiger partial charge in [0.25, 0.3) is 5.91 Å². The third kappa shape index (κ3) is 5.27. The van der Waals surface area contributed by atoms with Crippen molar-refractivity contribution >= 4 is 23.6 Å². The molecule has 0 spiro atoms. The molecule has 0 fully saturated rings. The number of carbonyl (C=O) groups is 1. The number of carbonyl (C=O) groups excluding carboxylic acids is 1. The molecule has 0 atom stereocenters. The van der Waals surface area contributed by atoms with Crippen molar-refractivity contribution in [1.29, 1.82) is 5.26 Å². The second kappa shape index (κ2) is 8.76. The van der Waals surface area contributed by atoms with Crippen LogP contribution in [0.15, 0.2) is 48.0 Å². The molecule has 2 aromatic rings. The number of nitriles is 1. The zero-order chi connectivity index (χ0) is 18.2. The molecule has 0 unspecified atom stereocenters. The number of ether oxygens (including phenoxy) is 1. The lowest BCUT2D eigenvalue weighted by molar-refractivity contribution is -0.117. The minimum absolute atomic E-state index is 0.0656. The fourth-order valence-corrected chi connectivity index (χ4v) is 2.21. The SMILES string of the molecule is CCOc1ccc(/C=C(\C#N)C(=O)NCc2ccc(Cl)cc2)c(O)c1. The second-order valence-electron chi connectivity index (χ2n) is 5.13. The van der Waals surface area contributed by atoms with Gasteiger partial charge in [0.15, 0.2) is 0 Å². The maximum Gasteiger partial charge on any atom is 0.262 e. The first-order valence-corrected chi connectivity index (χ1v) is 8.01. The summed E-state index contributed by atoms with van der Waals surface area (Å²) < 4.78 is 5.28. The van der Waals surface area contributed by atoms with Gasteiger partial charge in [-0.05, 0) is 42.8 Å². The van der Waals surface area contributed by atoms with Crippen molar-refractivity contribution in [3.8, 4) is 17.6 Å². The molecule has 6 heteroatoms. The van der Waals surface area contributed by atoms with E-state index in [0.717, 1.165) is 5.56 Å². The van der Waals surface area contributed by atoms with Crippen LogP contribution in [0.2, 0.25) is 5.02 Å². The molecule has 5 nitrogen and oxygen atoms in total. The van der Waals surface area contributed by atoms with Gasteiger partial charge >= 0.3 is 0 Å². The van der Waals surface area contributed by atoms with Crippen LogP contribution in [-0.2, 0) is 11.3 Å². The summed E-state index contributed by atoms with van der Waals surface area (Å²) in [4.78, 5) is 12.2. The van der Waals surface area contributed by atoms with Gasteiger partial charge < -0.3 is 15.2 Å². The third-order valence-electron chi connectivity index (χ3n) is 3.34. The molecule has 1 amide bonds. The lowest BCUT2D eigenvalue weighted by Crippen LogP contribution is -2.23. The van der Waals surface area contributed by atoms with Crippen LogP contribution in [0.5, 0.6) is 11.5 Å². The van der Waals surface area contributed by atoms with Gasteiger partial charge in [0.05, 0.1) is 6.61 Å². The number of phenols is 1. The number of benzene rings is 2. The molecule has 2 N–H and O–H groups in total. The highest BCUT2D eigenvalue weighted by molar-refractivity contribution is 6.30. The van der Waals surface area contributed by atoms with Crippen molar-refractivity contribution in [3.63, 3.8) is 0 Å². The van der Waals surface area contributed by atoms with E-state index in [1.165, 1.54) is 12.1 Å². The standard InChI is InChI=1S/C19H17ClN2O3/c1-2-25-17-8-5-14(18(23)10-17)9-15(11-21)19(24)22-12-13-3-6-16(20)7-4-13/h3-10,23H,2,12H2,1H3,(H,22,24)/b15-9+. The summed E-state index contributed by atoms with van der Waals surface area (Å²) in [5.74, 6) is -0.0715. The van der Waals surface area contributed by atoms with E-state index in [-0.39, 0.29) is 17.9 Å². The second-order valence-corrected chi connectivity index (χ2v) is 5.57. The van der Waals surface area contributed by atoms with Gasteiger partial charge in [-0.3, -0.25) is 4.79 Å². The van der Waals surface area contributed by atoms with Crippen molar-refractivity contribution in [1.82, 2.24) is 5.32 Å².